The summed E-state index contributed by atoms with van der Waals surface area (Å²) in [6.45, 7) is 10.8. The van der Waals surface area contributed by atoms with Crippen molar-refractivity contribution in [2.45, 2.75) is 38.6 Å². The third kappa shape index (κ3) is 3.93. The van der Waals surface area contributed by atoms with Crippen LogP contribution >= 0.6 is 0 Å². The van der Waals surface area contributed by atoms with Gasteiger partial charge in [-0.3, -0.25) is 4.99 Å². The first-order chi connectivity index (χ1) is 10.7. The molecule has 0 N–H and O–H groups in total. The number of hydrogen-bond acceptors (Lipinski definition) is 5. The fraction of sp³-hybridized carbons (Fsp3) is 0.471. The Morgan fingerprint density at radius 2 is 2.36 bits per heavy atom. The highest BCUT2D eigenvalue weighted by atomic mass is 16.5. The molecule has 0 radical (unpaired) electrons. The van der Waals surface area contributed by atoms with Gasteiger partial charge in [-0.05, 0) is 31.8 Å². The van der Waals surface area contributed by atoms with Crippen LogP contribution in [0.2, 0.25) is 0 Å². The average Bonchev–Trinajstić information content (AvgIpc) is 3.13. The average molecular weight is 300 g/mol. The standard InChI is InChI=1S/C17H24N4O/c1-5-7-14(12-18-4)9-10-16-19-17(22-20-16)15-8-6-11-21(15)13(2)3/h5,7,12,15H,1-2,6,8-11H2,3-4H3/b14-7-,18-12?/t15-/m0/s1. The summed E-state index contributed by atoms with van der Waals surface area (Å²) in [5.74, 6) is 1.44. The molecular formula is C17H24N4O. The van der Waals surface area contributed by atoms with E-state index < -0.39 is 0 Å². The van der Waals surface area contributed by atoms with Crippen LogP contribution in [0.1, 0.15) is 43.9 Å². The molecule has 1 saturated heterocycles. The second-order valence-corrected chi connectivity index (χ2v) is 5.50. The summed E-state index contributed by atoms with van der Waals surface area (Å²) in [6.07, 6.45) is 9.28. The van der Waals surface area contributed by atoms with E-state index in [1.807, 2.05) is 19.2 Å². The molecule has 5 nitrogen and oxygen atoms in total. The normalized spacial score (nSPS) is 19.1. The van der Waals surface area contributed by atoms with Crippen LogP contribution in [0, 0.1) is 0 Å². The monoisotopic (exact) mass is 300 g/mol. The maximum absolute atomic E-state index is 5.46. The minimum absolute atomic E-state index is 0.180. The number of nitrogens with zero attached hydrogens (tertiary/aromatic N) is 4. The molecule has 1 atom stereocenters. The number of allylic oxidation sites excluding steroid dienone is 4. The smallest absolute Gasteiger partial charge is 0.249 e. The molecule has 5 heteroatoms. The number of aryl methyl sites for hydroxylation is 1. The summed E-state index contributed by atoms with van der Waals surface area (Å²) in [6, 6.07) is 0.180. The SMILES string of the molecule is C=C/C=C(\C=NC)CCc1noc([C@@H]2CCCN2C(=C)C)n1. The summed E-state index contributed by atoms with van der Waals surface area (Å²) in [5.41, 5.74) is 2.16. The van der Waals surface area contributed by atoms with E-state index in [0.29, 0.717) is 5.89 Å². The van der Waals surface area contributed by atoms with Gasteiger partial charge >= 0.3 is 0 Å². The summed E-state index contributed by atoms with van der Waals surface area (Å²) in [7, 11) is 1.76. The summed E-state index contributed by atoms with van der Waals surface area (Å²) < 4.78 is 5.46. The molecule has 0 amide bonds. The van der Waals surface area contributed by atoms with Crippen LogP contribution in [-0.2, 0) is 6.42 Å². The van der Waals surface area contributed by atoms with E-state index in [9.17, 15) is 0 Å². The highest BCUT2D eigenvalue weighted by Crippen LogP contribution is 2.33. The maximum atomic E-state index is 5.46. The topological polar surface area (TPSA) is 54.5 Å². The molecule has 1 aromatic rings. The third-order valence-corrected chi connectivity index (χ3v) is 3.78. The second kappa shape index (κ2) is 7.73. The summed E-state index contributed by atoms with van der Waals surface area (Å²) in [4.78, 5) is 10.8. The van der Waals surface area contributed by atoms with Gasteiger partial charge in [-0.15, -0.1) is 0 Å². The fourth-order valence-electron chi connectivity index (χ4n) is 2.75. The van der Waals surface area contributed by atoms with Gasteiger partial charge in [0.05, 0.1) is 0 Å². The van der Waals surface area contributed by atoms with E-state index in [2.05, 4.69) is 33.2 Å². The highest BCUT2D eigenvalue weighted by molar-refractivity contribution is 5.78. The zero-order valence-corrected chi connectivity index (χ0v) is 13.5. The molecular weight excluding hydrogens is 276 g/mol. The molecule has 22 heavy (non-hydrogen) atoms. The van der Waals surface area contributed by atoms with Crippen molar-refractivity contribution >= 4 is 6.21 Å². The van der Waals surface area contributed by atoms with Crippen molar-refractivity contribution in [3.63, 3.8) is 0 Å². The Morgan fingerprint density at radius 3 is 3.05 bits per heavy atom. The zero-order chi connectivity index (χ0) is 15.9. The molecule has 0 spiro atoms. The van der Waals surface area contributed by atoms with Gasteiger partial charge in [0, 0.05) is 31.9 Å². The Balaban J connectivity index is 2.01. The van der Waals surface area contributed by atoms with Crippen molar-refractivity contribution in [3.8, 4) is 0 Å². The molecule has 0 aliphatic carbocycles. The van der Waals surface area contributed by atoms with E-state index >= 15 is 0 Å². The largest absolute Gasteiger partial charge is 0.364 e. The van der Waals surface area contributed by atoms with Gasteiger partial charge < -0.3 is 9.42 Å². The number of hydrogen-bond donors (Lipinski definition) is 0. The first-order valence-electron chi connectivity index (χ1n) is 7.64. The van der Waals surface area contributed by atoms with Gasteiger partial charge in [0.15, 0.2) is 5.82 Å². The highest BCUT2D eigenvalue weighted by Gasteiger charge is 2.30. The second-order valence-electron chi connectivity index (χ2n) is 5.50. The molecule has 0 bridgehead atoms. The molecule has 118 valence electrons. The van der Waals surface area contributed by atoms with Gasteiger partial charge in [0.25, 0.3) is 0 Å². The van der Waals surface area contributed by atoms with Gasteiger partial charge in [-0.25, -0.2) is 0 Å². The van der Waals surface area contributed by atoms with Crippen LogP contribution in [0.5, 0.6) is 0 Å². The zero-order valence-electron chi connectivity index (χ0n) is 13.5. The molecule has 1 fully saturated rings. The Bertz CT molecular complexity index is 585. The van der Waals surface area contributed by atoms with Crippen molar-refractivity contribution in [1.29, 1.82) is 0 Å². The van der Waals surface area contributed by atoms with E-state index in [-0.39, 0.29) is 6.04 Å². The van der Waals surface area contributed by atoms with Crippen molar-refractivity contribution in [2.24, 2.45) is 4.99 Å². The molecule has 1 aliphatic heterocycles. The first-order valence-corrected chi connectivity index (χ1v) is 7.64. The first kappa shape index (κ1) is 16.2. The molecule has 0 aromatic carbocycles. The lowest BCUT2D eigenvalue weighted by molar-refractivity contribution is 0.251. The van der Waals surface area contributed by atoms with Gasteiger partial charge in [-0.1, -0.05) is 30.5 Å². The minimum atomic E-state index is 0.180. The Morgan fingerprint density at radius 1 is 1.55 bits per heavy atom. The Kier molecular flexibility index (Phi) is 5.69. The van der Waals surface area contributed by atoms with Crippen molar-refractivity contribution < 1.29 is 4.52 Å². The van der Waals surface area contributed by atoms with E-state index in [4.69, 9.17) is 4.52 Å². The lowest BCUT2D eigenvalue weighted by atomic mass is 10.1. The summed E-state index contributed by atoms with van der Waals surface area (Å²) >= 11 is 0. The van der Waals surface area contributed by atoms with Crippen LogP contribution in [0.3, 0.4) is 0 Å². The number of likely N-dealkylation sites (tertiary alicyclic amines) is 1. The van der Waals surface area contributed by atoms with E-state index in [1.165, 1.54) is 0 Å². The molecule has 0 saturated carbocycles. The molecule has 2 heterocycles. The van der Waals surface area contributed by atoms with Crippen molar-refractivity contribution in [1.82, 2.24) is 15.0 Å². The van der Waals surface area contributed by atoms with Gasteiger partial charge in [-0.2, -0.15) is 4.98 Å². The van der Waals surface area contributed by atoms with Gasteiger partial charge in [0.1, 0.15) is 6.04 Å². The van der Waals surface area contributed by atoms with Gasteiger partial charge in [0.2, 0.25) is 5.89 Å². The quantitative estimate of drug-likeness (QED) is 0.571. The lowest BCUT2D eigenvalue weighted by Crippen LogP contribution is -2.20. The van der Waals surface area contributed by atoms with Crippen LogP contribution in [0.15, 0.2) is 46.1 Å². The van der Waals surface area contributed by atoms with Crippen LogP contribution < -0.4 is 0 Å². The van der Waals surface area contributed by atoms with Crippen LogP contribution in [0.4, 0.5) is 0 Å². The van der Waals surface area contributed by atoms with E-state index in [1.54, 1.807) is 13.1 Å². The fourth-order valence-corrected chi connectivity index (χ4v) is 2.75. The Labute approximate surface area is 132 Å². The molecule has 2 rings (SSSR count). The van der Waals surface area contributed by atoms with Crippen LogP contribution in [0.25, 0.3) is 0 Å². The predicted octanol–water partition coefficient (Wildman–Crippen LogP) is 3.49. The van der Waals surface area contributed by atoms with Crippen molar-refractivity contribution in [2.75, 3.05) is 13.6 Å². The molecule has 1 aliphatic rings. The molecule has 0 unspecified atom stereocenters. The molecule has 1 aromatic heterocycles. The minimum Gasteiger partial charge on any atom is -0.364 e. The summed E-state index contributed by atoms with van der Waals surface area (Å²) in [5, 5.41) is 4.11. The van der Waals surface area contributed by atoms with Crippen molar-refractivity contribution in [3.05, 3.63) is 48.3 Å². The number of aromatic nitrogens is 2. The van der Waals surface area contributed by atoms with Crippen LogP contribution in [-0.4, -0.2) is 34.8 Å². The number of aliphatic imine (C=N–C) groups is 1. The Hall–Kier alpha value is -2.17. The third-order valence-electron chi connectivity index (χ3n) is 3.78. The van der Waals surface area contributed by atoms with E-state index in [0.717, 1.165) is 49.3 Å². The maximum Gasteiger partial charge on any atom is 0.249 e. The number of rotatable bonds is 7. The predicted molar refractivity (Wildman–Crippen MR) is 88.8 cm³/mol. The lowest BCUT2D eigenvalue weighted by Gasteiger charge is -2.23.